The van der Waals surface area contributed by atoms with Gasteiger partial charge in [-0.2, -0.15) is 0 Å². The van der Waals surface area contributed by atoms with Crippen LogP contribution < -0.4 is 9.64 Å². The molecule has 0 radical (unpaired) electrons. The number of carbonyl (C=O) groups is 1. The molecule has 0 spiro atoms. The number of halogens is 1. The van der Waals surface area contributed by atoms with Gasteiger partial charge in [-0.25, -0.2) is 0 Å². The fourth-order valence-electron chi connectivity index (χ4n) is 3.10. The highest BCUT2D eigenvalue weighted by Crippen LogP contribution is 2.35. The molecular formula is C18H17ClN4O6. The first-order chi connectivity index (χ1) is 13.9. The first-order valence-corrected chi connectivity index (χ1v) is 9.08. The molecular weight excluding hydrogens is 404 g/mol. The zero-order valence-electron chi connectivity index (χ0n) is 15.2. The summed E-state index contributed by atoms with van der Waals surface area (Å²) < 4.78 is 5.34. The molecule has 2 aromatic carbocycles. The Bertz CT molecular complexity index is 946. The predicted octanol–water partition coefficient (Wildman–Crippen LogP) is 2.88. The summed E-state index contributed by atoms with van der Waals surface area (Å²) in [5.41, 5.74) is 0.0376. The lowest BCUT2D eigenvalue weighted by atomic mass is 10.2. The van der Waals surface area contributed by atoms with Crippen LogP contribution in [0.1, 0.15) is 0 Å². The minimum Gasteiger partial charge on any atom is -0.477 e. The Morgan fingerprint density at radius 1 is 0.966 bits per heavy atom. The van der Waals surface area contributed by atoms with E-state index in [0.29, 0.717) is 31.9 Å². The molecule has 0 N–H and O–H groups in total. The fraction of sp³-hybridized carbons (Fsp3) is 0.278. The minimum atomic E-state index is -0.574. The maximum absolute atomic E-state index is 12.4. The summed E-state index contributed by atoms with van der Waals surface area (Å²) in [4.78, 5) is 37.0. The zero-order valence-corrected chi connectivity index (χ0v) is 15.9. The molecule has 1 amide bonds. The fourth-order valence-corrected chi connectivity index (χ4v) is 3.39. The number of nitrogens with zero attached hydrogens (tertiary/aromatic N) is 4. The molecule has 29 heavy (non-hydrogen) atoms. The maximum atomic E-state index is 12.4. The maximum Gasteiger partial charge on any atom is 0.310 e. The van der Waals surface area contributed by atoms with Crippen LogP contribution in [0.5, 0.6) is 5.75 Å². The SMILES string of the molecule is O=C(COc1ccccc1[N+](=O)[O-])N1CCN(c2c(Cl)cccc2[N+](=O)[O-])CC1. The molecule has 1 aliphatic heterocycles. The molecule has 11 heteroatoms. The first kappa shape index (κ1) is 20.3. The number of benzene rings is 2. The van der Waals surface area contributed by atoms with Gasteiger partial charge in [0.25, 0.3) is 11.6 Å². The highest BCUT2D eigenvalue weighted by molar-refractivity contribution is 6.33. The van der Waals surface area contributed by atoms with Gasteiger partial charge >= 0.3 is 5.69 Å². The second-order valence-corrected chi connectivity index (χ2v) is 6.65. The molecule has 1 heterocycles. The molecule has 1 fully saturated rings. The number of ether oxygens (including phenoxy) is 1. The van der Waals surface area contributed by atoms with E-state index in [-0.39, 0.29) is 34.7 Å². The Morgan fingerprint density at radius 2 is 1.59 bits per heavy atom. The van der Waals surface area contributed by atoms with Crippen LogP contribution in [0, 0.1) is 20.2 Å². The number of nitro benzene ring substituents is 2. The van der Waals surface area contributed by atoms with E-state index in [1.165, 1.54) is 30.3 Å². The van der Waals surface area contributed by atoms with Crippen molar-refractivity contribution in [3.8, 4) is 5.75 Å². The van der Waals surface area contributed by atoms with Gasteiger partial charge in [-0.3, -0.25) is 25.0 Å². The minimum absolute atomic E-state index is 0.0242. The van der Waals surface area contributed by atoms with E-state index in [2.05, 4.69) is 0 Å². The normalized spacial score (nSPS) is 13.8. The van der Waals surface area contributed by atoms with Crippen molar-refractivity contribution in [3.05, 3.63) is 67.7 Å². The Balaban J connectivity index is 1.61. The number of rotatable bonds is 6. The molecule has 0 aliphatic carbocycles. The van der Waals surface area contributed by atoms with E-state index in [4.69, 9.17) is 16.3 Å². The van der Waals surface area contributed by atoms with E-state index in [0.717, 1.165) is 0 Å². The average Bonchev–Trinajstić information content (AvgIpc) is 2.72. The molecule has 0 atom stereocenters. The van der Waals surface area contributed by atoms with E-state index in [9.17, 15) is 25.0 Å². The molecule has 0 aromatic heterocycles. The van der Waals surface area contributed by atoms with Crippen molar-refractivity contribution in [3.63, 3.8) is 0 Å². The van der Waals surface area contributed by atoms with Crippen molar-refractivity contribution in [1.29, 1.82) is 0 Å². The van der Waals surface area contributed by atoms with Gasteiger partial charge in [-0.1, -0.05) is 29.8 Å². The predicted molar refractivity (Wildman–Crippen MR) is 105 cm³/mol. The van der Waals surface area contributed by atoms with E-state index in [1.807, 2.05) is 0 Å². The molecule has 2 aromatic rings. The van der Waals surface area contributed by atoms with Crippen molar-refractivity contribution in [2.75, 3.05) is 37.7 Å². The molecule has 0 saturated carbocycles. The largest absolute Gasteiger partial charge is 0.477 e. The quantitative estimate of drug-likeness (QED) is 0.520. The van der Waals surface area contributed by atoms with Crippen molar-refractivity contribution in [2.24, 2.45) is 0 Å². The summed E-state index contributed by atoms with van der Waals surface area (Å²) in [6.07, 6.45) is 0. The van der Waals surface area contributed by atoms with Gasteiger partial charge in [0.15, 0.2) is 12.4 Å². The third kappa shape index (κ3) is 4.54. The van der Waals surface area contributed by atoms with Crippen LogP contribution in [0.2, 0.25) is 5.02 Å². The van der Waals surface area contributed by atoms with Crippen molar-refractivity contribution in [1.82, 2.24) is 4.90 Å². The summed E-state index contributed by atoms with van der Waals surface area (Å²) in [6.45, 7) is 1.03. The van der Waals surface area contributed by atoms with Gasteiger partial charge in [-0.05, 0) is 12.1 Å². The lowest BCUT2D eigenvalue weighted by Gasteiger charge is -2.36. The zero-order chi connectivity index (χ0) is 21.0. The van der Waals surface area contributed by atoms with Gasteiger partial charge in [0, 0.05) is 38.3 Å². The van der Waals surface area contributed by atoms with Gasteiger partial charge < -0.3 is 14.5 Å². The summed E-state index contributed by atoms with van der Waals surface area (Å²) in [7, 11) is 0. The topological polar surface area (TPSA) is 119 Å². The number of para-hydroxylation sites is 3. The van der Waals surface area contributed by atoms with Crippen molar-refractivity contribution >= 4 is 34.6 Å². The molecule has 152 valence electrons. The second kappa shape index (κ2) is 8.74. The molecule has 1 saturated heterocycles. The number of carbonyl (C=O) groups excluding carboxylic acids is 1. The molecule has 10 nitrogen and oxygen atoms in total. The van der Waals surface area contributed by atoms with Crippen LogP contribution in [0.25, 0.3) is 0 Å². The number of hydrogen-bond donors (Lipinski definition) is 0. The monoisotopic (exact) mass is 420 g/mol. The van der Waals surface area contributed by atoms with Gasteiger partial charge in [0.1, 0.15) is 5.69 Å². The molecule has 3 rings (SSSR count). The van der Waals surface area contributed by atoms with Crippen LogP contribution in [-0.4, -0.2) is 53.4 Å². The first-order valence-electron chi connectivity index (χ1n) is 8.70. The van der Waals surface area contributed by atoms with Crippen LogP contribution in [-0.2, 0) is 4.79 Å². The summed E-state index contributed by atoms with van der Waals surface area (Å²) in [5, 5.41) is 22.6. The molecule has 0 unspecified atom stereocenters. The Kier molecular flexibility index (Phi) is 6.13. The number of anilines is 1. The highest BCUT2D eigenvalue weighted by Gasteiger charge is 2.28. The van der Waals surface area contributed by atoms with Crippen LogP contribution in [0.4, 0.5) is 17.1 Å². The third-order valence-electron chi connectivity index (χ3n) is 4.52. The number of nitro groups is 2. The van der Waals surface area contributed by atoms with Gasteiger partial charge in [0.05, 0.1) is 14.9 Å². The van der Waals surface area contributed by atoms with Gasteiger partial charge in [0.2, 0.25) is 0 Å². The van der Waals surface area contributed by atoms with E-state index >= 15 is 0 Å². The van der Waals surface area contributed by atoms with Crippen LogP contribution >= 0.6 is 11.6 Å². The van der Waals surface area contributed by atoms with Crippen molar-refractivity contribution in [2.45, 2.75) is 0 Å². The number of amides is 1. The number of piperazine rings is 1. The smallest absolute Gasteiger partial charge is 0.310 e. The lowest BCUT2D eigenvalue weighted by molar-refractivity contribution is -0.385. The Labute approximate surface area is 170 Å². The average molecular weight is 421 g/mol. The van der Waals surface area contributed by atoms with Crippen LogP contribution in [0.15, 0.2) is 42.5 Å². The lowest BCUT2D eigenvalue weighted by Crippen LogP contribution is -2.50. The summed E-state index contributed by atoms with van der Waals surface area (Å²) in [5.74, 6) is -0.298. The van der Waals surface area contributed by atoms with Crippen molar-refractivity contribution < 1.29 is 19.4 Å². The molecule has 0 bridgehead atoms. The van der Waals surface area contributed by atoms with E-state index < -0.39 is 9.85 Å². The summed E-state index contributed by atoms with van der Waals surface area (Å²) in [6, 6.07) is 10.3. The Morgan fingerprint density at radius 3 is 2.24 bits per heavy atom. The third-order valence-corrected chi connectivity index (χ3v) is 4.83. The van der Waals surface area contributed by atoms with Gasteiger partial charge in [-0.15, -0.1) is 0 Å². The standard InChI is InChI=1S/C18H17ClN4O6/c19-13-4-3-6-15(23(27)28)18(13)21-10-8-20(9-11-21)17(24)12-29-16-7-2-1-5-14(16)22(25)26/h1-7H,8-12H2. The van der Waals surface area contributed by atoms with E-state index in [1.54, 1.807) is 21.9 Å². The van der Waals surface area contributed by atoms with Crippen LogP contribution in [0.3, 0.4) is 0 Å². The highest BCUT2D eigenvalue weighted by atomic mass is 35.5. The number of hydrogen-bond acceptors (Lipinski definition) is 7. The molecule has 1 aliphatic rings. The Hall–Kier alpha value is -3.40. The second-order valence-electron chi connectivity index (χ2n) is 6.25. The summed E-state index contributed by atoms with van der Waals surface area (Å²) >= 11 is 6.16.